The number of carbonyl (C=O) groups excluding carboxylic acids is 1. The zero-order valence-electron chi connectivity index (χ0n) is 14.1. The van der Waals surface area contributed by atoms with Crippen molar-refractivity contribution in [2.75, 3.05) is 6.54 Å². The number of aliphatic hydroxyl groups is 1. The van der Waals surface area contributed by atoms with Crippen LogP contribution in [0.25, 0.3) is 0 Å². The van der Waals surface area contributed by atoms with Crippen molar-refractivity contribution in [1.82, 2.24) is 25.9 Å². The van der Waals surface area contributed by atoms with Crippen molar-refractivity contribution in [3.8, 4) is 0 Å². The van der Waals surface area contributed by atoms with Crippen LogP contribution in [0.5, 0.6) is 0 Å². The van der Waals surface area contributed by atoms with E-state index in [9.17, 15) is 36.2 Å². The van der Waals surface area contributed by atoms with Crippen LogP contribution in [0.4, 0.5) is 26.3 Å². The number of rotatable bonds is 7. The third-order valence-electron chi connectivity index (χ3n) is 3.90. The highest BCUT2D eigenvalue weighted by Crippen LogP contribution is 2.49. The van der Waals surface area contributed by atoms with E-state index in [0.717, 1.165) is 12.1 Å². The van der Waals surface area contributed by atoms with Gasteiger partial charge in [-0.15, -0.1) is 5.10 Å². The monoisotopic (exact) mass is 411 g/mol. The molecule has 0 saturated heterocycles. The summed E-state index contributed by atoms with van der Waals surface area (Å²) in [5.74, 6) is -0.0980. The first kappa shape index (κ1) is 21.6. The lowest BCUT2D eigenvalue weighted by molar-refractivity contribution is -0.376. The summed E-state index contributed by atoms with van der Waals surface area (Å²) in [6.07, 6.45) is -10.2. The van der Waals surface area contributed by atoms with Crippen molar-refractivity contribution >= 4 is 5.91 Å². The van der Waals surface area contributed by atoms with E-state index in [1.165, 1.54) is 0 Å². The first-order chi connectivity index (χ1) is 13.0. The Morgan fingerprint density at radius 1 is 1.04 bits per heavy atom. The van der Waals surface area contributed by atoms with Crippen molar-refractivity contribution in [2.24, 2.45) is 0 Å². The molecule has 0 aliphatic rings. The number of H-pyrrole nitrogens is 1. The first-order valence-corrected chi connectivity index (χ1v) is 7.94. The van der Waals surface area contributed by atoms with Gasteiger partial charge in [-0.05, 0) is 35.4 Å². The number of benzene rings is 1. The molecule has 0 fully saturated rings. The lowest BCUT2D eigenvalue weighted by Crippen LogP contribution is -2.53. The number of nitrogens with one attached hydrogen (secondary N) is 2. The lowest BCUT2D eigenvalue weighted by Gasteiger charge is -2.32. The van der Waals surface area contributed by atoms with E-state index in [-0.39, 0.29) is 12.1 Å². The van der Waals surface area contributed by atoms with Crippen LogP contribution in [-0.4, -0.2) is 50.5 Å². The molecule has 0 unspecified atom stereocenters. The summed E-state index contributed by atoms with van der Waals surface area (Å²) in [6.45, 7) is 0.233. The minimum atomic E-state index is -5.98. The summed E-state index contributed by atoms with van der Waals surface area (Å²) < 4.78 is 76.9. The number of unbranched alkanes of at least 4 members (excludes halogenated alkanes) is 1. The third kappa shape index (κ3) is 4.58. The van der Waals surface area contributed by atoms with Crippen LogP contribution in [0.2, 0.25) is 0 Å². The molecule has 3 N–H and O–H groups in total. The van der Waals surface area contributed by atoms with Crippen LogP contribution in [0.1, 0.15) is 34.6 Å². The van der Waals surface area contributed by atoms with Crippen LogP contribution in [-0.2, 0) is 12.0 Å². The normalized spacial score (nSPS) is 12.8. The number of tetrazole rings is 1. The predicted octanol–water partition coefficient (Wildman–Crippen LogP) is 2.26. The molecule has 2 aromatic rings. The Morgan fingerprint density at radius 3 is 2.14 bits per heavy atom. The highest BCUT2D eigenvalue weighted by Gasteiger charge is 2.71. The molecule has 2 rings (SSSR count). The van der Waals surface area contributed by atoms with Gasteiger partial charge in [-0.1, -0.05) is 12.1 Å². The Labute approximate surface area is 154 Å². The van der Waals surface area contributed by atoms with Gasteiger partial charge in [-0.3, -0.25) is 4.79 Å². The van der Waals surface area contributed by atoms with Crippen molar-refractivity contribution in [1.29, 1.82) is 0 Å². The van der Waals surface area contributed by atoms with E-state index < -0.39 is 29.4 Å². The fourth-order valence-corrected chi connectivity index (χ4v) is 2.36. The maximum Gasteiger partial charge on any atom is 0.430 e. The molecule has 0 atom stereocenters. The molecule has 1 aromatic carbocycles. The van der Waals surface area contributed by atoms with E-state index in [2.05, 4.69) is 25.9 Å². The van der Waals surface area contributed by atoms with Gasteiger partial charge in [0, 0.05) is 24.1 Å². The second kappa shape index (κ2) is 8.12. The SMILES string of the molecule is O=C(NCCCCc1nnn[nH]1)c1ccc(C(O)(C(F)(F)F)C(F)(F)F)cc1. The summed E-state index contributed by atoms with van der Waals surface area (Å²) in [7, 11) is 0. The molecule has 0 aliphatic carbocycles. The number of carbonyl (C=O) groups is 1. The molecule has 1 heterocycles. The number of aryl methyl sites for hydroxylation is 1. The zero-order chi connectivity index (χ0) is 21.0. The molecule has 13 heteroatoms. The van der Waals surface area contributed by atoms with Crippen molar-refractivity contribution in [3.05, 3.63) is 41.2 Å². The molecule has 28 heavy (non-hydrogen) atoms. The van der Waals surface area contributed by atoms with E-state index in [4.69, 9.17) is 0 Å². The highest BCUT2D eigenvalue weighted by atomic mass is 19.4. The summed E-state index contributed by atoms with van der Waals surface area (Å²) in [4.78, 5) is 11.9. The minimum Gasteiger partial charge on any atom is -0.369 e. The van der Waals surface area contributed by atoms with Gasteiger partial charge in [0.15, 0.2) is 0 Å². The predicted molar refractivity (Wildman–Crippen MR) is 81.9 cm³/mol. The fourth-order valence-electron chi connectivity index (χ4n) is 2.36. The molecule has 0 aliphatic heterocycles. The van der Waals surface area contributed by atoms with Gasteiger partial charge in [0.2, 0.25) is 0 Å². The van der Waals surface area contributed by atoms with Crippen LogP contribution in [0, 0.1) is 0 Å². The summed E-state index contributed by atoms with van der Waals surface area (Å²) in [5, 5.41) is 24.8. The van der Waals surface area contributed by atoms with Crippen molar-refractivity contribution in [2.45, 2.75) is 37.2 Å². The van der Waals surface area contributed by atoms with Gasteiger partial charge in [0.1, 0.15) is 5.82 Å². The molecule has 0 spiro atoms. The van der Waals surface area contributed by atoms with E-state index in [1.807, 2.05) is 0 Å². The largest absolute Gasteiger partial charge is 0.430 e. The Morgan fingerprint density at radius 2 is 1.64 bits per heavy atom. The van der Waals surface area contributed by atoms with Gasteiger partial charge in [-0.25, -0.2) is 5.10 Å². The quantitative estimate of drug-likeness (QED) is 0.479. The van der Waals surface area contributed by atoms with Crippen LogP contribution in [0.15, 0.2) is 24.3 Å². The molecule has 0 saturated carbocycles. The molecule has 1 amide bonds. The lowest BCUT2D eigenvalue weighted by atomic mass is 9.91. The summed E-state index contributed by atoms with van der Waals surface area (Å²) in [5.41, 5.74) is -6.59. The number of hydrogen-bond donors (Lipinski definition) is 3. The number of hydrogen-bond acceptors (Lipinski definition) is 5. The molecule has 7 nitrogen and oxygen atoms in total. The van der Waals surface area contributed by atoms with Gasteiger partial charge in [0.05, 0.1) is 0 Å². The van der Waals surface area contributed by atoms with E-state index in [1.54, 1.807) is 0 Å². The van der Waals surface area contributed by atoms with Crippen molar-refractivity contribution in [3.63, 3.8) is 0 Å². The highest BCUT2D eigenvalue weighted by molar-refractivity contribution is 5.94. The van der Waals surface area contributed by atoms with E-state index in [0.29, 0.717) is 37.2 Å². The molecular weight excluding hydrogens is 396 g/mol. The minimum absolute atomic E-state index is 0.144. The smallest absolute Gasteiger partial charge is 0.369 e. The number of nitrogens with zero attached hydrogens (tertiary/aromatic N) is 3. The van der Waals surface area contributed by atoms with Crippen LogP contribution >= 0.6 is 0 Å². The third-order valence-corrected chi connectivity index (χ3v) is 3.90. The molecule has 1 aromatic heterocycles. The number of alkyl halides is 6. The van der Waals surface area contributed by atoms with Crippen LogP contribution in [0.3, 0.4) is 0 Å². The number of aromatic amines is 1. The molecule has 0 bridgehead atoms. The Kier molecular flexibility index (Phi) is 6.27. The van der Waals surface area contributed by atoms with Gasteiger partial charge >= 0.3 is 12.4 Å². The summed E-state index contributed by atoms with van der Waals surface area (Å²) >= 11 is 0. The molecule has 0 radical (unpaired) electrons. The second-order valence-corrected chi connectivity index (χ2v) is 5.84. The van der Waals surface area contributed by atoms with Crippen molar-refractivity contribution < 1.29 is 36.2 Å². The van der Waals surface area contributed by atoms with Gasteiger partial charge < -0.3 is 10.4 Å². The summed E-state index contributed by atoms with van der Waals surface area (Å²) in [6, 6.07) is 2.42. The zero-order valence-corrected chi connectivity index (χ0v) is 14.1. The maximum absolute atomic E-state index is 12.8. The fraction of sp³-hybridized carbons (Fsp3) is 0.467. The Bertz CT molecular complexity index is 760. The molecule has 154 valence electrons. The number of aromatic nitrogens is 4. The average Bonchev–Trinajstić information content (AvgIpc) is 3.12. The standard InChI is InChI=1S/C15H15F6N5O2/c16-14(17,18)13(28,15(19,20)21)10-6-4-9(5-7-10)12(27)22-8-2-1-3-11-23-25-26-24-11/h4-7,28H,1-3,8H2,(H,22,27)(H,23,24,25,26). The van der Waals surface area contributed by atoms with Crippen LogP contribution < -0.4 is 5.32 Å². The maximum atomic E-state index is 12.8. The topological polar surface area (TPSA) is 104 Å². The van der Waals surface area contributed by atoms with Gasteiger partial charge in [0.25, 0.3) is 11.5 Å². The van der Waals surface area contributed by atoms with Gasteiger partial charge in [-0.2, -0.15) is 26.3 Å². The first-order valence-electron chi connectivity index (χ1n) is 7.94. The Balaban J connectivity index is 1.96. The number of halogens is 6. The Hall–Kier alpha value is -2.70. The molecular formula is C15H15F6N5O2. The van der Waals surface area contributed by atoms with E-state index >= 15 is 0 Å². The second-order valence-electron chi connectivity index (χ2n) is 5.84. The average molecular weight is 411 g/mol. The number of amides is 1.